The molecule has 0 saturated carbocycles. The number of aryl methyl sites for hydroxylation is 1. The second-order valence-electron chi connectivity index (χ2n) is 2.99. The Labute approximate surface area is 108 Å². The van der Waals surface area contributed by atoms with Crippen LogP contribution in [0, 0.1) is 6.92 Å². The molecule has 0 unspecified atom stereocenters. The number of halogens is 2. The van der Waals surface area contributed by atoms with Crippen molar-refractivity contribution < 1.29 is 0 Å². The summed E-state index contributed by atoms with van der Waals surface area (Å²) in [5, 5.41) is 8.21. The lowest BCUT2D eigenvalue weighted by atomic mass is 10.5. The fourth-order valence-corrected chi connectivity index (χ4v) is 2.34. The van der Waals surface area contributed by atoms with E-state index in [4.69, 9.17) is 11.6 Å². The summed E-state index contributed by atoms with van der Waals surface area (Å²) in [6.07, 6.45) is 1.49. The van der Waals surface area contributed by atoms with E-state index in [0.29, 0.717) is 26.3 Å². The van der Waals surface area contributed by atoms with Gasteiger partial charge in [0.25, 0.3) is 5.56 Å². The fourth-order valence-electron chi connectivity index (χ4n) is 1.17. The summed E-state index contributed by atoms with van der Waals surface area (Å²) in [6, 6.07) is 0. The maximum atomic E-state index is 11.8. The molecule has 16 heavy (non-hydrogen) atoms. The minimum atomic E-state index is -0.140. The topological polar surface area (TPSA) is 60.7 Å². The summed E-state index contributed by atoms with van der Waals surface area (Å²) in [4.78, 5) is 15.9. The van der Waals surface area contributed by atoms with Gasteiger partial charge in [0.05, 0.1) is 6.54 Å². The third-order valence-corrected chi connectivity index (χ3v) is 3.49. The van der Waals surface area contributed by atoms with E-state index in [0.717, 1.165) is 0 Å². The highest BCUT2D eigenvalue weighted by Crippen LogP contribution is 2.15. The predicted molar refractivity (Wildman–Crippen MR) is 65.0 cm³/mol. The molecule has 0 fully saturated rings. The molecule has 0 amide bonds. The lowest BCUT2D eigenvalue weighted by Gasteiger charge is -2.06. The van der Waals surface area contributed by atoms with Crippen molar-refractivity contribution in [1.29, 1.82) is 0 Å². The Morgan fingerprint density at radius 3 is 2.94 bits per heavy atom. The first-order valence-electron chi connectivity index (χ1n) is 4.28. The zero-order valence-corrected chi connectivity index (χ0v) is 11.3. The molecule has 0 atom stereocenters. The quantitative estimate of drug-likeness (QED) is 0.847. The largest absolute Gasteiger partial charge is 0.289 e. The molecule has 2 rings (SSSR count). The van der Waals surface area contributed by atoms with Crippen molar-refractivity contribution in [2.45, 2.75) is 13.5 Å². The second kappa shape index (κ2) is 4.60. The van der Waals surface area contributed by atoms with Crippen LogP contribution >= 0.6 is 38.9 Å². The molecule has 0 aliphatic heterocycles. The van der Waals surface area contributed by atoms with Gasteiger partial charge in [0, 0.05) is 6.20 Å². The van der Waals surface area contributed by atoms with Crippen LogP contribution in [0.25, 0.3) is 0 Å². The lowest BCUT2D eigenvalue weighted by Crippen LogP contribution is -2.24. The van der Waals surface area contributed by atoms with Crippen LogP contribution in [0.5, 0.6) is 0 Å². The Hall–Kier alpha value is -0.790. The molecule has 2 aromatic heterocycles. The normalized spacial score (nSPS) is 10.7. The van der Waals surface area contributed by atoms with Crippen molar-refractivity contribution in [3.8, 4) is 0 Å². The molecule has 84 valence electrons. The molecule has 0 aromatic carbocycles. The van der Waals surface area contributed by atoms with Crippen molar-refractivity contribution in [2.75, 3.05) is 0 Å². The number of hydrogen-bond acceptors (Lipinski definition) is 5. The Balaban J connectivity index is 2.42. The first-order chi connectivity index (χ1) is 7.58. The van der Waals surface area contributed by atoms with Gasteiger partial charge >= 0.3 is 0 Å². The molecule has 0 bridgehead atoms. The average Bonchev–Trinajstić information content (AvgIpc) is 2.65. The number of rotatable bonds is 2. The van der Waals surface area contributed by atoms with Crippen LogP contribution in [0.2, 0.25) is 4.47 Å². The van der Waals surface area contributed by atoms with Gasteiger partial charge < -0.3 is 0 Å². The Kier molecular flexibility index (Phi) is 3.36. The van der Waals surface area contributed by atoms with Crippen LogP contribution in [0.15, 0.2) is 15.5 Å². The third kappa shape index (κ3) is 2.31. The van der Waals surface area contributed by atoms with Gasteiger partial charge in [-0.1, -0.05) is 11.3 Å². The van der Waals surface area contributed by atoms with Crippen LogP contribution in [0.3, 0.4) is 0 Å². The van der Waals surface area contributed by atoms with Gasteiger partial charge in [-0.3, -0.25) is 9.36 Å². The maximum Gasteiger partial charge on any atom is 0.268 e. The lowest BCUT2D eigenvalue weighted by molar-refractivity contribution is 0.686. The molecule has 0 radical (unpaired) electrons. The standard InChI is InChI=1S/C8H6BrClN4OS/c1-4-11-2-5(9)7(15)14(4)3-6-12-13-8(10)16-6/h2H,3H2,1H3. The number of hydrogen-bond donors (Lipinski definition) is 0. The number of aromatic nitrogens is 4. The van der Waals surface area contributed by atoms with E-state index in [1.807, 2.05) is 0 Å². The van der Waals surface area contributed by atoms with E-state index in [9.17, 15) is 4.79 Å². The Morgan fingerprint density at radius 1 is 1.56 bits per heavy atom. The number of nitrogens with zero attached hydrogens (tertiary/aromatic N) is 4. The highest BCUT2D eigenvalue weighted by atomic mass is 79.9. The molecule has 0 aliphatic rings. The van der Waals surface area contributed by atoms with Gasteiger partial charge in [-0.2, -0.15) is 0 Å². The zero-order chi connectivity index (χ0) is 11.7. The monoisotopic (exact) mass is 320 g/mol. The molecule has 0 N–H and O–H groups in total. The average molecular weight is 322 g/mol. The smallest absolute Gasteiger partial charge is 0.268 e. The summed E-state index contributed by atoms with van der Waals surface area (Å²) in [7, 11) is 0. The Bertz CT molecular complexity index is 582. The van der Waals surface area contributed by atoms with Crippen molar-refractivity contribution in [3.63, 3.8) is 0 Å². The van der Waals surface area contributed by atoms with Crippen LogP contribution < -0.4 is 5.56 Å². The molecule has 8 heteroatoms. The van der Waals surface area contributed by atoms with Gasteiger partial charge in [-0.25, -0.2) is 4.98 Å². The minimum absolute atomic E-state index is 0.140. The molecule has 0 spiro atoms. The van der Waals surface area contributed by atoms with Crippen molar-refractivity contribution in [1.82, 2.24) is 19.7 Å². The summed E-state index contributed by atoms with van der Waals surface area (Å²) < 4.78 is 2.30. The maximum absolute atomic E-state index is 11.8. The first-order valence-corrected chi connectivity index (χ1v) is 6.26. The van der Waals surface area contributed by atoms with Gasteiger partial charge in [0.2, 0.25) is 4.47 Å². The SMILES string of the molecule is Cc1ncc(Br)c(=O)n1Cc1nnc(Cl)s1. The Morgan fingerprint density at radius 2 is 2.31 bits per heavy atom. The van der Waals surface area contributed by atoms with E-state index in [1.165, 1.54) is 22.1 Å². The van der Waals surface area contributed by atoms with E-state index in [-0.39, 0.29) is 5.56 Å². The molecule has 0 aliphatic carbocycles. The highest BCUT2D eigenvalue weighted by Gasteiger charge is 2.09. The fraction of sp³-hybridized carbons (Fsp3) is 0.250. The molecule has 2 heterocycles. The van der Waals surface area contributed by atoms with Crippen molar-refractivity contribution in [2.24, 2.45) is 0 Å². The van der Waals surface area contributed by atoms with Gasteiger partial charge in [0.1, 0.15) is 15.3 Å². The molecule has 2 aromatic rings. The highest BCUT2D eigenvalue weighted by molar-refractivity contribution is 9.10. The van der Waals surface area contributed by atoms with Gasteiger partial charge in [-0.05, 0) is 34.5 Å². The summed E-state index contributed by atoms with van der Waals surface area (Å²) in [5.41, 5.74) is -0.140. The summed E-state index contributed by atoms with van der Waals surface area (Å²) in [6.45, 7) is 2.10. The summed E-state index contributed by atoms with van der Waals surface area (Å²) in [5.74, 6) is 0.625. The van der Waals surface area contributed by atoms with Crippen molar-refractivity contribution >= 4 is 38.9 Å². The first kappa shape index (κ1) is 11.7. The minimum Gasteiger partial charge on any atom is -0.289 e. The van der Waals surface area contributed by atoms with E-state index in [2.05, 4.69) is 31.1 Å². The molecule has 5 nitrogen and oxygen atoms in total. The zero-order valence-electron chi connectivity index (χ0n) is 8.15. The summed E-state index contributed by atoms with van der Waals surface area (Å²) >= 11 is 10.1. The molecule has 0 saturated heterocycles. The molecular formula is C8H6BrClN4OS. The van der Waals surface area contributed by atoms with E-state index in [1.54, 1.807) is 6.92 Å². The van der Waals surface area contributed by atoms with Crippen molar-refractivity contribution in [3.05, 3.63) is 36.3 Å². The van der Waals surface area contributed by atoms with E-state index < -0.39 is 0 Å². The van der Waals surface area contributed by atoms with Crippen LogP contribution in [0.4, 0.5) is 0 Å². The van der Waals surface area contributed by atoms with Crippen LogP contribution in [-0.2, 0) is 6.54 Å². The van der Waals surface area contributed by atoms with Crippen LogP contribution in [0.1, 0.15) is 10.8 Å². The predicted octanol–water partition coefficient (Wildman–Crippen LogP) is 1.87. The third-order valence-electron chi connectivity index (χ3n) is 1.94. The second-order valence-corrected chi connectivity index (χ2v) is 5.49. The van der Waals surface area contributed by atoms with Crippen LogP contribution in [-0.4, -0.2) is 19.7 Å². The van der Waals surface area contributed by atoms with Gasteiger partial charge in [-0.15, -0.1) is 10.2 Å². The van der Waals surface area contributed by atoms with E-state index >= 15 is 0 Å². The van der Waals surface area contributed by atoms with Gasteiger partial charge in [0.15, 0.2) is 0 Å². The molecular weight excluding hydrogens is 316 g/mol.